The van der Waals surface area contributed by atoms with Crippen LogP contribution in [0.2, 0.25) is 0 Å². The molecule has 7 heteroatoms. The first-order chi connectivity index (χ1) is 11.6. The third-order valence-electron chi connectivity index (χ3n) is 3.87. The van der Waals surface area contributed by atoms with Gasteiger partial charge in [-0.05, 0) is 50.0 Å². The van der Waals surface area contributed by atoms with Crippen molar-refractivity contribution >= 4 is 17.5 Å². The van der Waals surface area contributed by atoms with Crippen LogP contribution >= 0.6 is 0 Å². The Balaban J connectivity index is 1.57. The highest BCUT2D eigenvalue weighted by atomic mass is 15.4. The molecule has 0 bridgehead atoms. The van der Waals surface area contributed by atoms with E-state index in [1.165, 1.54) is 18.6 Å². The fraction of sp³-hybridized carbons (Fsp3) is 0.353. The lowest BCUT2D eigenvalue weighted by Crippen LogP contribution is -2.29. The van der Waals surface area contributed by atoms with E-state index in [0.29, 0.717) is 17.6 Å². The van der Waals surface area contributed by atoms with Crippen LogP contribution in [0, 0.1) is 5.92 Å². The summed E-state index contributed by atoms with van der Waals surface area (Å²) in [4.78, 5) is 8.70. The first-order valence-electron chi connectivity index (χ1n) is 8.09. The Bertz CT molecular complexity index is 701. The van der Waals surface area contributed by atoms with Crippen LogP contribution in [-0.4, -0.2) is 21.8 Å². The van der Waals surface area contributed by atoms with E-state index in [0.717, 1.165) is 17.9 Å². The van der Waals surface area contributed by atoms with Crippen molar-refractivity contribution < 1.29 is 0 Å². The average molecular weight is 325 g/mol. The summed E-state index contributed by atoms with van der Waals surface area (Å²) in [6.45, 7) is 5.53. The normalized spacial score (nSPS) is 21.0. The Morgan fingerprint density at radius 3 is 3.00 bits per heavy atom. The zero-order chi connectivity index (χ0) is 16.9. The van der Waals surface area contributed by atoms with Gasteiger partial charge in [0, 0.05) is 29.7 Å². The predicted molar refractivity (Wildman–Crippen MR) is 97.2 cm³/mol. The van der Waals surface area contributed by atoms with Crippen molar-refractivity contribution in [2.45, 2.75) is 32.4 Å². The molecule has 1 unspecified atom stereocenters. The van der Waals surface area contributed by atoms with Gasteiger partial charge in [-0.1, -0.05) is 6.58 Å². The van der Waals surface area contributed by atoms with E-state index in [4.69, 9.17) is 5.73 Å². The van der Waals surface area contributed by atoms with Gasteiger partial charge in [0.2, 0.25) is 5.95 Å². The molecule has 2 aliphatic rings. The monoisotopic (exact) mass is 325 g/mol. The molecule has 1 aromatic heterocycles. The summed E-state index contributed by atoms with van der Waals surface area (Å²) in [6, 6.07) is 1.84. The van der Waals surface area contributed by atoms with E-state index in [1.807, 2.05) is 19.1 Å². The summed E-state index contributed by atoms with van der Waals surface area (Å²) in [5, 5.41) is 10.9. The molecule has 0 saturated heterocycles. The van der Waals surface area contributed by atoms with E-state index in [1.54, 1.807) is 18.3 Å². The van der Waals surface area contributed by atoms with Gasteiger partial charge in [0.05, 0.1) is 0 Å². The Kier molecular flexibility index (Phi) is 4.79. The van der Waals surface area contributed by atoms with Crippen molar-refractivity contribution in [1.29, 1.82) is 0 Å². The number of nitrogens with zero attached hydrogens (tertiary/aromatic N) is 3. The lowest BCUT2D eigenvalue weighted by molar-refractivity contribution is 0.646. The minimum Gasteiger partial charge on any atom is -0.399 e. The van der Waals surface area contributed by atoms with E-state index in [9.17, 15) is 0 Å². The van der Waals surface area contributed by atoms with Crippen molar-refractivity contribution in [3.63, 3.8) is 0 Å². The second-order valence-electron chi connectivity index (χ2n) is 6.02. The van der Waals surface area contributed by atoms with Crippen LogP contribution in [-0.2, 0) is 0 Å². The molecule has 7 nitrogen and oxygen atoms in total. The largest absolute Gasteiger partial charge is 0.399 e. The van der Waals surface area contributed by atoms with Crippen LogP contribution in [0.3, 0.4) is 0 Å². The van der Waals surface area contributed by atoms with E-state index in [2.05, 4.69) is 37.7 Å². The minimum absolute atomic E-state index is 0.0929. The Morgan fingerprint density at radius 2 is 2.25 bits per heavy atom. The zero-order valence-corrected chi connectivity index (χ0v) is 13.8. The molecule has 0 amide bonds. The average Bonchev–Trinajstić information content (AvgIpc) is 3.33. The Hall–Kier alpha value is -2.83. The summed E-state index contributed by atoms with van der Waals surface area (Å²) in [6.07, 6.45) is 10.5. The fourth-order valence-corrected chi connectivity index (χ4v) is 2.40. The fourth-order valence-electron chi connectivity index (χ4n) is 2.40. The Morgan fingerprint density at radius 1 is 1.42 bits per heavy atom. The maximum Gasteiger partial charge on any atom is 0.228 e. The number of allylic oxidation sites excluding steroid dienone is 4. The van der Waals surface area contributed by atoms with Gasteiger partial charge in [-0.3, -0.25) is 5.43 Å². The zero-order valence-electron chi connectivity index (χ0n) is 13.8. The number of hydrogen-bond acceptors (Lipinski definition) is 7. The lowest BCUT2D eigenvalue weighted by Gasteiger charge is -2.13. The highest BCUT2D eigenvalue weighted by molar-refractivity contribution is 5.90. The summed E-state index contributed by atoms with van der Waals surface area (Å²) in [7, 11) is 0. The van der Waals surface area contributed by atoms with Crippen LogP contribution in [0.5, 0.6) is 0 Å². The molecule has 3 rings (SSSR count). The SMILES string of the molecule is C=C/C(N)=C\C=C(/C)Nc1nccc(NC2CC(C3CC3)=NN2)n1. The van der Waals surface area contributed by atoms with Gasteiger partial charge >= 0.3 is 0 Å². The maximum atomic E-state index is 5.68. The van der Waals surface area contributed by atoms with Crippen molar-refractivity contribution in [3.8, 4) is 0 Å². The van der Waals surface area contributed by atoms with Gasteiger partial charge in [-0.25, -0.2) is 4.98 Å². The van der Waals surface area contributed by atoms with Crippen LogP contribution < -0.4 is 21.8 Å². The second-order valence-corrected chi connectivity index (χ2v) is 6.02. The lowest BCUT2D eigenvalue weighted by atomic mass is 10.1. The number of hydrogen-bond donors (Lipinski definition) is 4. The van der Waals surface area contributed by atoms with Gasteiger partial charge < -0.3 is 16.4 Å². The highest BCUT2D eigenvalue weighted by Gasteiger charge is 2.32. The third-order valence-corrected chi connectivity index (χ3v) is 3.87. The second kappa shape index (κ2) is 7.16. The number of hydrazone groups is 1. The van der Waals surface area contributed by atoms with Gasteiger partial charge in [0.1, 0.15) is 12.0 Å². The molecule has 126 valence electrons. The molecule has 5 N–H and O–H groups in total. The number of rotatable bonds is 7. The van der Waals surface area contributed by atoms with Crippen molar-refractivity contribution in [3.05, 3.63) is 48.5 Å². The predicted octanol–water partition coefficient (Wildman–Crippen LogP) is 2.32. The molecule has 24 heavy (non-hydrogen) atoms. The van der Waals surface area contributed by atoms with Crippen LogP contribution in [0.25, 0.3) is 0 Å². The van der Waals surface area contributed by atoms with Crippen molar-refractivity contribution in [1.82, 2.24) is 15.4 Å². The first kappa shape index (κ1) is 16.0. The topological polar surface area (TPSA) is 100 Å². The minimum atomic E-state index is 0.0929. The smallest absolute Gasteiger partial charge is 0.228 e. The van der Waals surface area contributed by atoms with Gasteiger partial charge in [0.15, 0.2) is 0 Å². The number of nitrogens with one attached hydrogen (secondary N) is 3. The molecule has 1 aliphatic carbocycles. The number of aromatic nitrogens is 2. The molecule has 1 saturated carbocycles. The van der Waals surface area contributed by atoms with Gasteiger partial charge in [-0.15, -0.1) is 0 Å². The Labute approximate surface area is 141 Å². The van der Waals surface area contributed by atoms with Gasteiger partial charge in [-0.2, -0.15) is 10.1 Å². The maximum absolute atomic E-state index is 5.68. The third kappa shape index (κ3) is 4.34. The molecular weight excluding hydrogens is 302 g/mol. The molecule has 1 atom stereocenters. The van der Waals surface area contributed by atoms with Crippen molar-refractivity contribution in [2.75, 3.05) is 10.6 Å². The van der Waals surface area contributed by atoms with E-state index >= 15 is 0 Å². The van der Waals surface area contributed by atoms with Crippen LogP contribution in [0.1, 0.15) is 26.2 Å². The van der Waals surface area contributed by atoms with Crippen LogP contribution in [0.4, 0.5) is 11.8 Å². The summed E-state index contributed by atoms with van der Waals surface area (Å²) < 4.78 is 0. The molecule has 2 heterocycles. The van der Waals surface area contributed by atoms with Crippen molar-refractivity contribution in [2.24, 2.45) is 16.8 Å². The molecule has 1 aromatic rings. The molecular formula is C17H23N7. The quantitative estimate of drug-likeness (QED) is 0.574. The van der Waals surface area contributed by atoms with Crippen LogP contribution in [0.15, 0.2) is 53.6 Å². The molecule has 1 aliphatic heterocycles. The summed E-state index contributed by atoms with van der Waals surface area (Å²) >= 11 is 0. The standard InChI is InChI=1S/C17H23N7/c1-3-13(18)7-4-11(2)20-17-19-9-8-15(22-17)21-16-10-14(23-24-16)12-5-6-12/h3-4,7-9,12,16,24H,1,5-6,10,18H2,2H3,(H2,19,20,21,22)/b11-4+,13-7+. The highest BCUT2D eigenvalue weighted by Crippen LogP contribution is 2.33. The molecule has 0 aromatic carbocycles. The molecule has 1 fully saturated rings. The van der Waals surface area contributed by atoms with Gasteiger partial charge in [0.25, 0.3) is 0 Å². The van der Waals surface area contributed by atoms with E-state index in [-0.39, 0.29) is 6.17 Å². The number of nitrogens with two attached hydrogens (primary N) is 1. The first-order valence-corrected chi connectivity index (χ1v) is 8.09. The molecule has 0 radical (unpaired) electrons. The number of anilines is 2. The summed E-state index contributed by atoms with van der Waals surface area (Å²) in [5.41, 5.74) is 11.6. The van der Waals surface area contributed by atoms with E-state index < -0.39 is 0 Å². The molecule has 0 spiro atoms. The summed E-state index contributed by atoms with van der Waals surface area (Å²) in [5.74, 6) is 1.97.